The van der Waals surface area contributed by atoms with Crippen LogP contribution in [-0.4, -0.2) is 5.11 Å². The van der Waals surface area contributed by atoms with Crippen molar-refractivity contribution < 1.29 is 5.11 Å². The van der Waals surface area contributed by atoms with Crippen LogP contribution in [-0.2, 0) is 0 Å². The standard InChI is InChI=1S/C9H18O/c1-5-9(10)6-8(4)7(2)3/h6-8,10H,5H2,1-4H3/b9-6+/t8-/m1/s1. The third-order valence-corrected chi connectivity index (χ3v) is 1.87. The first kappa shape index (κ1) is 9.54. The molecule has 0 aliphatic carbocycles. The minimum absolute atomic E-state index is 0.486. The van der Waals surface area contributed by atoms with E-state index < -0.39 is 0 Å². The summed E-state index contributed by atoms with van der Waals surface area (Å²) in [6, 6.07) is 0. The van der Waals surface area contributed by atoms with Crippen LogP contribution in [0.15, 0.2) is 11.8 Å². The van der Waals surface area contributed by atoms with Gasteiger partial charge in [0.15, 0.2) is 0 Å². The molecule has 0 aromatic carbocycles. The molecule has 0 aliphatic heterocycles. The molecule has 0 unspecified atom stereocenters. The van der Waals surface area contributed by atoms with Crippen LogP contribution < -0.4 is 0 Å². The van der Waals surface area contributed by atoms with Crippen molar-refractivity contribution in [3.63, 3.8) is 0 Å². The summed E-state index contributed by atoms with van der Waals surface area (Å²) in [5, 5.41) is 9.14. The predicted octanol–water partition coefficient (Wildman–Crippen LogP) is 3.13. The van der Waals surface area contributed by atoms with E-state index in [0.29, 0.717) is 17.6 Å². The average Bonchev–Trinajstić information content (AvgIpc) is 1.87. The van der Waals surface area contributed by atoms with E-state index in [0.717, 1.165) is 6.42 Å². The van der Waals surface area contributed by atoms with Crippen LogP contribution in [0.1, 0.15) is 34.1 Å². The third-order valence-electron chi connectivity index (χ3n) is 1.87. The van der Waals surface area contributed by atoms with Gasteiger partial charge in [0.25, 0.3) is 0 Å². The molecule has 0 aromatic rings. The van der Waals surface area contributed by atoms with Crippen molar-refractivity contribution in [2.45, 2.75) is 34.1 Å². The maximum Gasteiger partial charge on any atom is 0.0882 e. The second-order valence-corrected chi connectivity index (χ2v) is 3.11. The number of aliphatic hydroxyl groups is 1. The average molecular weight is 142 g/mol. The van der Waals surface area contributed by atoms with Gasteiger partial charge in [-0.15, -0.1) is 0 Å². The molecule has 0 radical (unpaired) electrons. The molecule has 1 atom stereocenters. The smallest absolute Gasteiger partial charge is 0.0882 e. The van der Waals surface area contributed by atoms with E-state index in [2.05, 4.69) is 20.8 Å². The number of hydrogen-bond donors (Lipinski definition) is 1. The summed E-state index contributed by atoms with van der Waals surface area (Å²) < 4.78 is 0. The van der Waals surface area contributed by atoms with E-state index >= 15 is 0 Å². The van der Waals surface area contributed by atoms with Gasteiger partial charge in [-0.1, -0.05) is 27.7 Å². The van der Waals surface area contributed by atoms with Gasteiger partial charge in [-0.05, 0) is 17.9 Å². The summed E-state index contributed by atoms with van der Waals surface area (Å²) in [5.74, 6) is 1.62. The minimum Gasteiger partial charge on any atom is -0.513 e. The van der Waals surface area contributed by atoms with Gasteiger partial charge in [-0.2, -0.15) is 0 Å². The first-order chi connectivity index (χ1) is 4.57. The Bertz CT molecular complexity index is 114. The molecule has 0 saturated heterocycles. The molecule has 0 aromatic heterocycles. The van der Waals surface area contributed by atoms with Crippen LogP contribution in [0.2, 0.25) is 0 Å². The van der Waals surface area contributed by atoms with Crippen LogP contribution in [0.5, 0.6) is 0 Å². The summed E-state index contributed by atoms with van der Waals surface area (Å²) in [6.07, 6.45) is 2.68. The second-order valence-electron chi connectivity index (χ2n) is 3.11. The summed E-state index contributed by atoms with van der Waals surface area (Å²) in [6.45, 7) is 8.39. The molecule has 60 valence electrons. The molecule has 0 heterocycles. The van der Waals surface area contributed by atoms with Gasteiger partial charge < -0.3 is 5.11 Å². The SMILES string of the molecule is CC/C(O)=C\[C@@H](C)C(C)C. The van der Waals surface area contributed by atoms with E-state index in [1.807, 2.05) is 13.0 Å². The van der Waals surface area contributed by atoms with Gasteiger partial charge >= 0.3 is 0 Å². The number of hydrogen-bond acceptors (Lipinski definition) is 1. The van der Waals surface area contributed by atoms with Gasteiger partial charge in [-0.3, -0.25) is 0 Å². The molecule has 0 fully saturated rings. The molecule has 0 spiro atoms. The van der Waals surface area contributed by atoms with Crippen molar-refractivity contribution in [1.29, 1.82) is 0 Å². The summed E-state index contributed by atoms with van der Waals surface area (Å²) in [7, 11) is 0. The fourth-order valence-electron chi connectivity index (χ4n) is 0.614. The van der Waals surface area contributed by atoms with Crippen molar-refractivity contribution in [3.05, 3.63) is 11.8 Å². The highest BCUT2D eigenvalue weighted by atomic mass is 16.3. The quantitative estimate of drug-likeness (QED) is 0.600. The maximum atomic E-state index is 9.14. The highest BCUT2D eigenvalue weighted by Crippen LogP contribution is 2.13. The van der Waals surface area contributed by atoms with Crippen molar-refractivity contribution in [2.75, 3.05) is 0 Å². The monoisotopic (exact) mass is 142 g/mol. The maximum absolute atomic E-state index is 9.14. The molecule has 0 saturated carbocycles. The Balaban J connectivity index is 3.86. The number of allylic oxidation sites excluding steroid dienone is 2. The van der Waals surface area contributed by atoms with Gasteiger partial charge in [0.1, 0.15) is 0 Å². The second kappa shape index (κ2) is 4.37. The minimum atomic E-state index is 0.486. The van der Waals surface area contributed by atoms with E-state index in [4.69, 9.17) is 5.11 Å². The molecule has 1 nitrogen and oxygen atoms in total. The lowest BCUT2D eigenvalue weighted by atomic mass is 9.97. The van der Waals surface area contributed by atoms with Crippen LogP contribution >= 0.6 is 0 Å². The molecule has 0 amide bonds. The van der Waals surface area contributed by atoms with Gasteiger partial charge in [0, 0.05) is 6.42 Å². The van der Waals surface area contributed by atoms with Crippen molar-refractivity contribution in [2.24, 2.45) is 11.8 Å². The Hall–Kier alpha value is -0.460. The van der Waals surface area contributed by atoms with Crippen LogP contribution in [0.4, 0.5) is 0 Å². The lowest BCUT2D eigenvalue weighted by Crippen LogP contribution is -2.00. The number of rotatable bonds is 3. The van der Waals surface area contributed by atoms with Crippen molar-refractivity contribution in [1.82, 2.24) is 0 Å². The topological polar surface area (TPSA) is 20.2 Å². The van der Waals surface area contributed by atoms with Gasteiger partial charge in [0.2, 0.25) is 0 Å². The molecular weight excluding hydrogens is 124 g/mol. The zero-order chi connectivity index (χ0) is 8.15. The first-order valence-electron chi connectivity index (χ1n) is 3.97. The number of aliphatic hydroxyl groups excluding tert-OH is 1. The van der Waals surface area contributed by atoms with E-state index in [1.54, 1.807) is 0 Å². The summed E-state index contributed by atoms with van der Waals surface area (Å²) >= 11 is 0. The Labute approximate surface area is 63.8 Å². The molecule has 10 heavy (non-hydrogen) atoms. The van der Waals surface area contributed by atoms with Crippen LogP contribution in [0.25, 0.3) is 0 Å². The Kier molecular flexibility index (Phi) is 4.17. The Morgan fingerprint density at radius 1 is 1.40 bits per heavy atom. The van der Waals surface area contributed by atoms with Gasteiger partial charge in [0.05, 0.1) is 5.76 Å². The van der Waals surface area contributed by atoms with Crippen molar-refractivity contribution >= 4 is 0 Å². The molecule has 0 bridgehead atoms. The molecule has 1 N–H and O–H groups in total. The molecule has 1 heteroatoms. The predicted molar refractivity (Wildman–Crippen MR) is 45.0 cm³/mol. The largest absolute Gasteiger partial charge is 0.513 e. The Morgan fingerprint density at radius 2 is 1.90 bits per heavy atom. The fourth-order valence-corrected chi connectivity index (χ4v) is 0.614. The van der Waals surface area contributed by atoms with Gasteiger partial charge in [-0.25, -0.2) is 0 Å². The highest BCUT2D eigenvalue weighted by Gasteiger charge is 2.03. The molecule has 0 rings (SSSR count). The summed E-state index contributed by atoms with van der Waals surface area (Å²) in [5.41, 5.74) is 0. The molecular formula is C9H18O. The van der Waals surface area contributed by atoms with Crippen LogP contribution in [0, 0.1) is 11.8 Å². The first-order valence-corrected chi connectivity index (χ1v) is 3.97. The van der Waals surface area contributed by atoms with E-state index in [9.17, 15) is 0 Å². The molecule has 0 aliphatic rings. The van der Waals surface area contributed by atoms with Crippen molar-refractivity contribution in [3.8, 4) is 0 Å². The lowest BCUT2D eigenvalue weighted by Gasteiger charge is -2.10. The third kappa shape index (κ3) is 3.54. The van der Waals surface area contributed by atoms with E-state index in [-0.39, 0.29) is 0 Å². The Morgan fingerprint density at radius 3 is 2.20 bits per heavy atom. The highest BCUT2D eigenvalue weighted by molar-refractivity contribution is 4.93. The fraction of sp³-hybridized carbons (Fsp3) is 0.778. The van der Waals surface area contributed by atoms with Crippen LogP contribution in [0.3, 0.4) is 0 Å². The normalized spacial score (nSPS) is 15.9. The lowest BCUT2D eigenvalue weighted by molar-refractivity contribution is 0.377. The summed E-state index contributed by atoms with van der Waals surface area (Å²) in [4.78, 5) is 0. The zero-order valence-corrected chi connectivity index (χ0v) is 7.39. The zero-order valence-electron chi connectivity index (χ0n) is 7.39. The van der Waals surface area contributed by atoms with E-state index in [1.165, 1.54) is 0 Å².